The lowest BCUT2D eigenvalue weighted by atomic mass is 10.4. The van der Waals surface area contributed by atoms with Crippen LogP contribution < -0.4 is 5.32 Å². The van der Waals surface area contributed by atoms with Crippen molar-refractivity contribution in [1.29, 1.82) is 0 Å². The van der Waals surface area contributed by atoms with E-state index in [1.807, 2.05) is 22.6 Å². The first-order valence-electron chi connectivity index (χ1n) is 2.90. The fourth-order valence-electron chi connectivity index (χ4n) is 0.615. The highest BCUT2D eigenvalue weighted by molar-refractivity contribution is 14.1. The Morgan fingerprint density at radius 2 is 2.42 bits per heavy atom. The second-order valence-electron chi connectivity index (χ2n) is 1.92. The predicted octanol–water partition coefficient (Wildman–Crippen LogP) is 1.92. The lowest BCUT2D eigenvalue weighted by Crippen LogP contribution is -2.09. The van der Waals surface area contributed by atoms with Crippen LogP contribution in [0.25, 0.3) is 0 Å². The molecule has 64 valence electrons. The maximum Gasteiger partial charge on any atom is 0.409 e. The zero-order valence-electron chi connectivity index (χ0n) is 5.71. The van der Waals surface area contributed by atoms with Crippen molar-refractivity contribution in [3.8, 4) is 0 Å². The Morgan fingerprint density at radius 3 is 2.92 bits per heavy atom. The summed E-state index contributed by atoms with van der Waals surface area (Å²) in [5.41, 5.74) is 0.282. The number of nitrogens with one attached hydrogen (secondary N) is 1. The van der Waals surface area contributed by atoms with Crippen LogP contribution in [0.3, 0.4) is 0 Å². The summed E-state index contributed by atoms with van der Waals surface area (Å²) in [6.07, 6.45) is -0.0630. The molecule has 1 rings (SSSR count). The number of carbonyl (C=O) groups is 1. The number of rotatable bonds is 1. The van der Waals surface area contributed by atoms with Crippen LogP contribution in [0.5, 0.6) is 0 Å². The minimum Gasteiger partial charge on any atom is -0.465 e. The number of hydrogen-bond donors (Lipinski definition) is 2. The van der Waals surface area contributed by atoms with Crippen LogP contribution in [0.2, 0.25) is 0 Å². The molecule has 0 aliphatic carbocycles. The summed E-state index contributed by atoms with van der Waals surface area (Å²) in [4.78, 5) is 13.5. The van der Waals surface area contributed by atoms with Crippen LogP contribution >= 0.6 is 22.6 Å². The number of halogens is 2. The van der Waals surface area contributed by atoms with Crippen molar-refractivity contribution >= 4 is 34.4 Å². The molecule has 0 radical (unpaired) electrons. The summed E-state index contributed by atoms with van der Waals surface area (Å²) in [5, 5.41) is 10.4. The zero-order valence-corrected chi connectivity index (χ0v) is 7.87. The summed E-state index contributed by atoms with van der Waals surface area (Å²) >= 11 is 1.81. The molecule has 0 aromatic carbocycles. The third kappa shape index (κ3) is 2.29. The Bertz CT molecular complexity index is 318. The van der Waals surface area contributed by atoms with E-state index in [4.69, 9.17) is 5.11 Å². The average Bonchev–Trinajstić information content (AvgIpc) is 1.94. The highest BCUT2D eigenvalue weighted by atomic mass is 127. The topological polar surface area (TPSA) is 62.2 Å². The molecular formula is C6H4FIN2O2. The van der Waals surface area contributed by atoms with Gasteiger partial charge in [0, 0.05) is 9.64 Å². The van der Waals surface area contributed by atoms with Gasteiger partial charge in [-0.05, 0) is 22.6 Å². The summed E-state index contributed by atoms with van der Waals surface area (Å²) in [7, 11) is 0. The van der Waals surface area contributed by atoms with E-state index in [1.165, 1.54) is 0 Å². The monoisotopic (exact) mass is 282 g/mol. The average molecular weight is 282 g/mol. The molecule has 0 saturated carbocycles. The molecule has 0 atom stereocenters. The van der Waals surface area contributed by atoms with Gasteiger partial charge in [-0.2, -0.15) is 4.39 Å². The smallest absolute Gasteiger partial charge is 0.409 e. The molecule has 6 heteroatoms. The minimum atomic E-state index is -1.19. The molecule has 4 nitrogen and oxygen atoms in total. The molecule has 0 aliphatic heterocycles. The Labute approximate surface area is 80.9 Å². The minimum absolute atomic E-state index is 0.282. The molecule has 1 amide bonds. The first-order chi connectivity index (χ1) is 5.59. The zero-order chi connectivity index (χ0) is 9.14. The molecule has 2 N–H and O–H groups in total. The number of pyridine rings is 1. The van der Waals surface area contributed by atoms with E-state index in [-0.39, 0.29) is 5.69 Å². The van der Waals surface area contributed by atoms with E-state index in [0.29, 0.717) is 3.57 Å². The molecule has 0 aliphatic rings. The number of aromatic nitrogens is 1. The van der Waals surface area contributed by atoms with Crippen LogP contribution in [-0.4, -0.2) is 16.2 Å². The molecule has 0 unspecified atom stereocenters. The van der Waals surface area contributed by atoms with Gasteiger partial charge in [0.25, 0.3) is 0 Å². The standard InChI is InChI=1S/C6H4FIN2O2/c7-5-1-3(8)4(2-9-5)10-6(11)12/h1-2,10H,(H,11,12). The Morgan fingerprint density at radius 1 is 1.75 bits per heavy atom. The Hall–Kier alpha value is -0.920. The molecule has 0 bridgehead atoms. The quantitative estimate of drug-likeness (QED) is 0.611. The van der Waals surface area contributed by atoms with Gasteiger partial charge in [0.2, 0.25) is 5.95 Å². The van der Waals surface area contributed by atoms with Crippen molar-refractivity contribution in [2.75, 3.05) is 5.32 Å². The number of anilines is 1. The maximum absolute atomic E-state index is 12.4. The second kappa shape index (κ2) is 3.65. The number of amides is 1. The van der Waals surface area contributed by atoms with E-state index in [1.54, 1.807) is 0 Å². The van der Waals surface area contributed by atoms with Gasteiger partial charge in [-0.25, -0.2) is 9.78 Å². The van der Waals surface area contributed by atoms with Crippen molar-refractivity contribution in [2.45, 2.75) is 0 Å². The van der Waals surface area contributed by atoms with Gasteiger partial charge in [-0.15, -0.1) is 0 Å². The molecule has 12 heavy (non-hydrogen) atoms. The summed E-state index contributed by atoms with van der Waals surface area (Å²) in [6, 6.07) is 1.14. The highest BCUT2D eigenvalue weighted by Crippen LogP contribution is 2.16. The predicted molar refractivity (Wildman–Crippen MR) is 48.6 cm³/mol. The normalized spacial score (nSPS) is 9.50. The van der Waals surface area contributed by atoms with Crippen molar-refractivity contribution in [3.63, 3.8) is 0 Å². The van der Waals surface area contributed by atoms with Gasteiger partial charge in [0.05, 0.1) is 11.9 Å². The lowest BCUT2D eigenvalue weighted by Gasteiger charge is -2.01. The SMILES string of the molecule is O=C(O)Nc1cnc(F)cc1I. The van der Waals surface area contributed by atoms with Crippen LogP contribution in [0.4, 0.5) is 14.9 Å². The van der Waals surface area contributed by atoms with E-state index in [9.17, 15) is 9.18 Å². The molecule has 0 fully saturated rings. The molecule has 1 aromatic heterocycles. The van der Waals surface area contributed by atoms with Crippen LogP contribution in [0, 0.1) is 9.52 Å². The second-order valence-corrected chi connectivity index (χ2v) is 3.08. The highest BCUT2D eigenvalue weighted by Gasteiger charge is 2.04. The first kappa shape index (κ1) is 9.17. The molecular weight excluding hydrogens is 278 g/mol. The number of carboxylic acid groups (broad SMARTS) is 1. The van der Waals surface area contributed by atoms with Crippen molar-refractivity contribution in [1.82, 2.24) is 4.98 Å². The summed E-state index contributed by atoms with van der Waals surface area (Å²) in [6.45, 7) is 0. The third-order valence-corrected chi connectivity index (χ3v) is 1.95. The van der Waals surface area contributed by atoms with Gasteiger partial charge >= 0.3 is 6.09 Å². The van der Waals surface area contributed by atoms with Gasteiger partial charge in [0.1, 0.15) is 0 Å². The maximum atomic E-state index is 12.4. The van der Waals surface area contributed by atoms with Gasteiger partial charge in [-0.1, -0.05) is 0 Å². The van der Waals surface area contributed by atoms with Crippen LogP contribution in [-0.2, 0) is 0 Å². The summed E-state index contributed by atoms with van der Waals surface area (Å²) < 4.78 is 12.9. The van der Waals surface area contributed by atoms with Gasteiger partial charge in [0.15, 0.2) is 0 Å². The van der Waals surface area contributed by atoms with Crippen molar-refractivity contribution in [3.05, 3.63) is 21.8 Å². The fourth-order valence-corrected chi connectivity index (χ4v) is 1.15. The summed E-state index contributed by atoms with van der Waals surface area (Å²) in [5.74, 6) is -0.629. The lowest BCUT2D eigenvalue weighted by molar-refractivity contribution is 0.209. The van der Waals surface area contributed by atoms with E-state index >= 15 is 0 Å². The number of hydrogen-bond acceptors (Lipinski definition) is 2. The van der Waals surface area contributed by atoms with Crippen molar-refractivity contribution in [2.24, 2.45) is 0 Å². The van der Waals surface area contributed by atoms with Crippen LogP contribution in [0.1, 0.15) is 0 Å². The van der Waals surface area contributed by atoms with Crippen molar-refractivity contribution < 1.29 is 14.3 Å². The largest absolute Gasteiger partial charge is 0.465 e. The third-order valence-electron chi connectivity index (χ3n) is 1.06. The van der Waals surface area contributed by atoms with Gasteiger partial charge < -0.3 is 5.11 Å². The molecule has 0 saturated heterocycles. The number of nitrogens with zero attached hydrogens (tertiary/aromatic N) is 1. The van der Waals surface area contributed by atoms with Crippen LogP contribution in [0.15, 0.2) is 12.3 Å². The fraction of sp³-hybridized carbons (Fsp3) is 0. The van der Waals surface area contributed by atoms with E-state index in [0.717, 1.165) is 12.3 Å². The van der Waals surface area contributed by atoms with E-state index < -0.39 is 12.0 Å². The molecule has 1 heterocycles. The molecule has 1 aromatic rings. The molecule has 0 spiro atoms. The Kier molecular flexibility index (Phi) is 2.79. The Balaban J connectivity index is 2.93. The van der Waals surface area contributed by atoms with Gasteiger partial charge in [-0.3, -0.25) is 5.32 Å². The first-order valence-corrected chi connectivity index (χ1v) is 3.98. The van der Waals surface area contributed by atoms with E-state index in [2.05, 4.69) is 10.3 Å².